The fraction of sp³-hybridized carbons (Fsp3) is 0.300. The topological polar surface area (TPSA) is 115 Å². The predicted octanol–water partition coefficient (Wildman–Crippen LogP) is 2.56. The number of alkyl halides is 3. The fourth-order valence-electron chi connectivity index (χ4n) is 3.27. The van der Waals surface area contributed by atoms with Gasteiger partial charge in [0.1, 0.15) is 11.4 Å². The Morgan fingerprint density at radius 2 is 2.00 bits per heavy atom. The Balaban J connectivity index is 1.51. The Labute approximate surface area is 194 Å². The molecular weight excluding hydrogens is 482 g/mol. The summed E-state index contributed by atoms with van der Waals surface area (Å²) in [6.07, 6.45) is -3.52. The molecule has 1 aliphatic rings. The van der Waals surface area contributed by atoms with Gasteiger partial charge in [-0.05, 0) is 35.8 Å². The Morgan fingerprint density at radius 1 is 1.26 bits per heavy atom. The number of halogens is 5. The van der Waals surface area contributed by atoms with Crippen molar-refractivity contribution in [1.29, 1.82) is 0 Å². The Hall–Kier alpha value is -3.61. The number of aromatic nitrogens is 5. The molecule has 1 aromatic carbocycles. The third-order valence-corrected chi connectivity index (χ3v) is 5.51. The normalized spacial score (nSPS) is 14.5. The monoisotopic (exact) mass is 497 g/mol. The largest absolute Gasteiger partial charge is 0.471 e. The third kappa shape index (κ3) is 4.69. The Kier molecular flexibility index (Phi) is 5.98. The van der Waals surface area contributed by atoms with Crippen LogP contribution in [0.2, 0.25) is 5.02 Å². The minimum absolute atomic E-state index is 0.0682. The zero-order valence-corrected chi connectivity index (χ0v) is 18.2. The van der Waals surface area contributed by atoms with Crippen LogP contribution >= 0.6 is 11.6 Å². The summed E-state index contributed by atoms with van der Waals surface area (Å²) in [4.78, 5) is 29.0. The summed E-state index contributed by atoms with van der Waals surface area (Å²) in [7, 11) is 1.54. The molecule has 178 valence electrons. The highest BCUT2D eigenvalue weighted by Crippen LogP contribution is 2.37. The maximum atomic E-state index is 14.6. The standard InChI is InChI=1S/C20H16ClF4N7O2/c1-32-30-16(29-31-32)15-11(3-2-4-13(15)22)10-7-12(21)14(26-8-10)9-27-17(33)19(5-6-19)28-18(34)20(23,24)25/h2-4,7-8H,5-6,9H2,1H3,(H,27,33)(H,28,34). The Morgan fingerprint density at radius 3 is 2.59 bits per heavy atom. The van der Waals surface area contributed by atoms with Crippen LogP contribution in [0, 0.1) is 5.82 Å². The third-order valence-electron chi connectivity index (χ3n) is 5.19. The number of carbonyl (C=O) groups excluding carboxylic acids is 2. The smallest absolute Gasteiger partial charge is 0.348 e. The van der Waals surface area contributed by atoms with Crippen LogP contribution < -0.4 is 10.6 Å². The molecule has 2 amide bonds. The minimum atomic E-state index is -5.09. The van der Waals surface area contributed by atoms with Gasteiger partial charge in [0.15, 0.2) is 0 Å². The molecule has 14 heteroatoms. The molecule has 2 heterocycles. The second-order valence-electron chi connectivity index (χ2n) is 7.63. The van der Waals surface area contributed by atoms with E-state index in [0.717, 1.165) is 0 Å². The van der Waals surface area contributed by atoms with Gasteiger partial charge in [-0.25, -0.2) is 4.39 Å². The lowest BCUT2D eigenvalue weighted by atomic mass is 10.00. The van der Waals surface area contributed by atoms with Crippen LogP contribution in [0.4, 0.5) is 17.6 Å². The van der Waals surface area contributed by atoms with Crippen molar-refractivity contribution in [3.63, 3.8) is 0 Å². The van der Waals surface area contributed by atoms with E-state index < -0.39 is 29.3 Å². The van der Waals surface area contributed by atoms with E-state index in [-0.39, 0.29) is 41.5 Å². The highest BCUT2D eigenvalue weighted by Gasteiger charge is 2.54. The van der Waals surface area contributed by atoms with Crippen molar-refractivity contribution in [1.82, 2.24) is 35.8 Å². The lowest BCUT2D eigenvalue weighted by Gasteiger charge is -2.18. The van der Waals surface area contributed by atoms with E-state index in [4.69, 9.17) is 11.6 Å². The predicted molar refractivity (Wildman–Crippen MR) is 110 cm³/mol. The molecule has 1 saturated carbocycles. The van der Waals surface area contributed by atoms with Crippen LogP contribution in [0.3, 0.4) is 0 Å². The lowest BCUT2D eigenvalue weighted by molar-refractivity contribution is -0.175. The highest BCUT2D eigenvalue weighted by molar-refractivity contribution is 6.31. The SMILES string of the molecule is Cn1nnc(-c2c(F)cccc2-c2cnc(CNC(=O)C3(NC(=O)C(F)(F)F)CC3)c(Cl)c2)n1. The molecule has 2 aromatic heterocycles. The number of pyridine rings is 1. The molecule has 0 aliphatic heterocycles. The maximum absolute atomic E-state index is 14.6. The summed E-state index contributed by atoms with van der Waals surface area (Å²) in [5.74, 6) is -3.45. The average Bonchev–Trinajstić information content (AvgIpc) is 3.43. The number of carbonyl (C=O) groups is 2. The molecule has 4 rings (SSSR count). The van der Waals surface area contributed by atoms with Gasteiger partial charge in [-0.3, -0.25) is 14.6 Å². The van der Waals surface area contributed by atoms with Crippen molar-refractivity contribution >= 4 is 23.4 Å². The summed E-state index contributed by atoms with van der Waals surface area (Å²) in [6, 6.07) is 5.88. The van der Waals surface area contributed by atoms with Gasteiger partial charge in [0.25, 0.3) is 0 Å². The second-order valence-corrected chi connectivity index (χ2v) is 8.04. The van der Waals surface area contributed by atoms with E-state index in [9.17, 15) is 27.2 Å². The van der Waals surface area contributed by atoms with E-state index in [1.807, 2.05) is 0 Å². The van der Waals surface area contributed by atoms with Crippen molar-refractivity contribution < 1.29 is 27.2 Å². The molecule has 0 radical (unpaired) electrons. The van der Waals surface area contributed by atoms with Gasteiger partial charge in [-0.2, -0.15) is 18.0 Å². The molecule has 9 nitrogen and oxygen atoms in total. The van der Waals surface area contributed by atoms with Crippen LogP contribution in [0.25, 0.3) is 22.5 Å². The van der Waals surface area contributed by atoms with E-state index >= 15 is 0 Å². The molecule has 0 unspecified atom stereocenters. The summed E-state index contributed by atoms with van der Waals surface area (Å²) < 4.78 is 52.1. The molecular formula is C20H16ClF4N7O2. The van der Waals surface area contributed by atoms with Crippen LogP contribution in [0.5, 0.6) is 0 Å². The number of benzene rings is 1. The molecule has 0 atom stereocenters. The van der Waals surface area contributed by atoms with Crippen LogP contribution in [0.1, 0.15) is 18.5 Å². The number of nitrogens with zero attached hydrogens (tertiary/aromatic N) is 5. The zero-order chi connectivity index (χ0) is 24.7. The number of tetrazole rings is 1. The van der Waals surface area contributed by atoms with Gasteiger partial charge in [0.2, 0.25) is 11.7 Å². The quantitative estimate of drug-likeness (QED) is 0.506. The first kappa shape index (κ1) is 23.5. The van der Waals surface area contributed by atoms with Gasteiger partial charge in [0.05, 0.1) is 29.9 Å². The van der Waals surface area contributed by atoms with Crippen LogP contribution in [-0.2, 0) is 23.2 Å². The summed E-state index contributed by atoms with van der Waals surface area (Å²) >= 11 is 6.31. The molecule has 3 aromatic rings. The van der Waals surface area contributed by atoms with Crippen molar-refractivity contribution in [2.45, 2.75) is 31.1 Å². The Bertz CT molecular complexity index is 1270. The molecule has 0 bridgehead atoms. The van der Waals surface area contributed by atoms with Gasteiger partial charge >= 0.3 is 12.1 Å². The number of hydrogen-bond donors (Lipinski definition) is 2. The number of nitrogens with one attached hydrogen (secondary N) is 2. The van der Waals surface area contributed by atoms with E-state index in [0.29, 0.717) is 11.1 Å². The average molecular weight is 498 g/mol. The first-order valence-corrected chi connectivity index (χ1v) is 10.2. The fourth-order valence-corrected chi connectivity index (χ4v) is 3.51. The van der Waals surface area contributed by atoms with Gasteiger partial charge in [-0.15, -0.1) is 10.2 Å². The number of aryl methyl sites for hydroxylation is 1. The zero-order valence-electron chi connectivity index (χ0n) is 17.5. The minimum Gasteiger partial charge on any atom is -0.348 e. The molecule has 2 N–H and O–H groups in total. The summed E-state index contributed by atoms with van der Waals surface area (Å²) in [6.45, 7) is -0.191. The highest BCUT2D eigenvalue weighted by atomic mass is 35.5. The summed E-state index contributed by atoms with van der Waals surface area (Å²) in [5.41, 5.74) is -0.417. The van der Waals surface area contributed by atoms with E-state index in [1.165, 1.54) is 29.2 Å². The number of amides is 2. The number of rotatable bonds is 6. The van der Waals surface area contributed by atoms with E-state index in [2.05, 4.69) is 25.7 Å². The van der Waals surface area contributed by atoms with Gasteiger partial charge in [0, 0.05) is 11.8 Å². The van der Waals surface area contributed by atoms with Crippen molar-refractivity contribution in [2.75, 3.05) is 0 Å². The molecule has 0 spiro atoms. The van der Waals surface area contributed by atoms with Crippen LogP contribution in [-0.4, -0.2) is 48.7 Å². The molecule has 34 heavy (non-hydrogen) atoms. The van der Waals surface area contributed by atoms with Crippen LogP contribution in [0.15, 0.2) is 30.5 Å². The van der Waals surface area contributed by atoms with Gasteiger partial charge < -0.3 is 10.6 Å². The van der Waals surface area contributed by atoms with Crippen molar-refractivity contribution in [3.05, 3.63) is 47.0 Å². The number of hydrogen-bond acceptors (Lipinski definition) is 6. The lowest BCUT2D eigenvalue weighted by Crippen LogP contribution is -2.52. The molecule has 1 fully saturated rings. The first-order valence-electron chi connectivity index (χ1n) is 9.85. The summed E-state index contributed by atoms with van der Waals surface area (Å²) in [5, 5.41) is 15.9. The molecule has 0 saturated heterocycles. The van der Waals surface area contributed by atoms with E-state index in [1.54, 1.807) is 18.4 Å². The maximum Gasteiger partial charge on any atom is 0.471 e. The molecule has 1 aliphatic carbocycles. The van der Waals surface area contributed by atoms with Gasteiger partial charge in [-0.1, -0.05) is 23.7 Å². The van der Waals surface area contributed by atoms with Crippen molar-refractivity contribution in [2.24, 2.45) is 7.05 Å². The second kappa shape index (κ2) is 8.63. The van der Waals surface area contributed by atoms with Crippen molar-refractivity contribution in [3.8, 4) is 22.5 Å². The first-order chi connectivity index (χ1) is 16.0.